The Morgan fingerprint density at radius 3 is 1.00 bits per heavy atom. The van der Waals surface area contributed by atoms with Crippen LogP contribution in [-0.2, 0) is 24.5 Å². The molecule has 0 spiro atoms. The highest BCUT2D eigenvalue weighted by Crippen LogP contribution is 2.32. The van der Waals surface area contributed by atoms with Crippen LogP contribution in [0.2, 0.25) is 13.1 Å². The number of benzene rings is 1. The Morgan fingerprint density at radius 2 is 0.850 bits per heavy atom. The Labute approximate surface area is 225 Å². The van der Waals surface area contributed by atoms with E-state index in [0.29, 0.717) is 0 Å². The van der Waals surface area contributed by atoms with Crippen molar-refractivity contribution in [3.63, 3.8) is 0 Å². The number of nitrogens with one attached hydrogen (secondary N) is 2. The molecule has 0 heterocycles. The van der Waals surface area contributed by atoms with Gasteiger partial charge in [0, 0.05) is 0 Å². The molecule has 0 aliphatic heterocycles. The summed E-state index contributed by atoms with van der Waals surface area (Å²) in [6.45, 7) is -1.36. The fourth-order valence-electron chi connectivity index (χ4n) is 1.32. The first-order chi connectivity index (χ1) is 17.9. The minimum atomic E-state index is -4.68. The second-order valence-corrected chi connectivity index (χ2v) is 10.8. The molecule has 0 bridgehead atoms. The van der Waals surface area contributed by atoms with E-state index in [0.717, 1.165) is 6.42 Å². The second kappa shape index (κ2) is 21.3. The van der Waals surface area contributed by atoms with Gasteiger partial charge in [0.2, 0.25) is 0 Å². The lowest BCUT2D eigenvalue weighted by atomic mass is 10.2. The number of aryl methyl sites for hydroxylation is 1. The van der Waals surface area contributed by atoms with Crippen LogP contribution in [0.25, 0.3) is 0 Å². The van der Waals surface area contributed by atoms with E-state index < -0.39 is 76.5 Å². The monoisotopic (exact) mass is 669 g/mol. The van der Waals surface area contributed by atoms with Crippen molar-refractivity contribution in [3.05, 3.63) is 35.9 Å². The van der Waals surface area contributed by atoms with Crippen LogP contribution in [0.15, 0.2) is 30.3 Å². The minimum absolute atomic E-state index is 0.880. The van der Waals surface area contributed by atoms with Crippen molar-refractivity contribution in [2.75, 3.05) is 26.4 Å². The average molecular weight is 669 g/mol. The lowest BCUT2D eigenvalue weighted by Crippen LogP contribution is -2.17. The van der Waals surface area contributed by atoms with Crippen molar-refractivity contribution in [3.8, 4) is 0 Å². The Morgan fingerprint density at radius 1 is 0.625 bits per heavy atom. The molecule has 22 heteroatoms. The van der Waals surface area contributed by atoms with Gasteiger partial charge in [0.15, 0.2) is 35.5 Å². The lowest BCUT2D eigenvalue weighted by Gasteiger charge is -2.01. The standard InChI is InChI=1S/C8H10.2C4H5F6NO2P.C2H7OSi/c1-2-8-6-4-3-5-7-8;2*5-3(6,7)1-12-14(11)13-2-4(8,9)10;1-4(2)3/h3-7H,2H2,1H3;2*11H,1-2H2;3H,1-2H3/q;2*+1;. The van der Waals surface area contributed by atoms with E-state index in [1.165, 1.54) is 5.56 Å². The summed E-state index contributed by atoms with van der Waals surface area (Å²) in [5.41, 5.74) is 1.41. The van der Waals surface area contributed by atoms with Crippen LogP contribution in [0.5, 0.6) is 0 Å². The van der Waals surface area contributed by atoms with Crippen LogP contribution in [0.1, 0.15) is 12.5 Å². The summed E-state index contributed by atoms with van der Waals surface area (Å²) in [6.07, 6.45) is -17.6. The molecule has 0 amide bonds. The zero-order valence-corrected chi connectivity index (χ0v) is 23.7. The van der Waals surface area contributed by atoms with Gasteiger partial charge in [-0.05, 0) is 25.1 Å². The van der Waals surface area contributed by atoms with E-state index in [4.69, 9.17) is 15.1 Å². The number of rotatable bonds is 9. The topological polar surface area (TPSA) is 105 Å². The molecule has 1 aromatic carbocycles. The van der Waals surface area contributed by atoms with Crippen molar-refractivity contribution >= 4 is 25.4 Å². The first-order valence-corrected chi connectivity index (χ1v) is 15.0. The van der Waals surface area contributed by atoms with Gasteiger partial charge in [-0.25, -0.2) is 0 Å². The van der Waals surface area contributed by atoms with Crippen LogP contribution in [-0.4, -0.2) is 65.0 Å². The SMILES string of the molecule is CCc1ccccc1.C[Si](C)O.N=[P+](OCC(F)(F)F)OCC(F)(F)F.N=[P+](OCC(F)(F)F)OCC(F)(F)F. The molecule has 1 radical (unpaired) electrons. The lowest BCUT2D eigenvalue weighted by molar-refractivity contribution is -0.163. The van der Waals surface area contributed by atoms with Crippen molar-refractivity contribution in [1.82, 2.24) is 0 Å². The molecule has 0 aliphatic rings. The third-order valence-electron chi connectivity index (χ3n) is 2.63. The van der Waals surface area contributed by atoms with Gasteiger partial charge in [-0.15, -0.1) is 18.1 Å². The van der Waals surface area contributed by atoms with Gasteiger partial charge in [0.25, 0.3) is 0 Å². The molecule has 1 aromatic rings. The van der Waals surface area contributed by atoms with Gasteiger partial charge in [-0.2, -0.15) is 52.7 Å². The number of hydrogen-bond donors (Lipinski definition) is 3. The normalized spacial score (nSPS) is 11.8. The summed E-state index contributed by atoms with van der Waals surface area (Å²) in [6, 6.07) is 10.5. The largest absolute Gasteiger partial charge is 0.557 e. The molecule has 0 unspecified atom stereocenters. The fourth-order valence-corrected chi connectivity index (χ4v) is 2.52. The summed E-state index contributed by atoms with van der Waals surface area (Å²) in [4.78, 5) is 8.16. The molecule has 0 aromatic heterocycles. The molecule has 3 N–H and O–H groups in total. The molecular weight excluding hydrogens is 642 g/mol. The zero-order chi connectivity index (χ0) is 32.2. The van der Waals surface area contributed by atoms with Gasteiger partial charge in [0.05, 0.1) is 0 Å². The minimum Gasteiger partial charge on any atom is -0.432 e. The highest BCUT2D eigenvalue weighted by atomic mass is 31.1. The van der Waals surface area contributed by atoms with E-state index in [2.05, 4.69) is 49.3 Å². The smallest absolute Gasteiger partial charge is 0.432 e. The second-order valence-electron chi connectivity index (χ2n) is 6.86. The van der Waals surface area contributed by atoms with Gasteiger partial charge < -0.3 is 4.80 Å². The Bertz CT molecular complexity index is 725. The van der Waals surface area contributed by atoms with E-state index >= 15 is 0 Å². The number of alkyl halides is 12. The first-order valence-electron chi connectivity index (χ1n) is 10.2. The van der Waals surface area contributed by atoms with Crippen LogP contribution in [0.3, 0.4) is 0 Å². The highest BCUT2D eigenvalue weighted by molar-refractivity contribution is 7.34. The number of halogens is 12. The fraction of sp³-hybridized carbons (Fsp3) is 0.667. The molecule has 0 atom stereocenters. The van der Waals surface area contributed by atoms with Gasteiger partial charge in [-0.3, -0.25) is 0 Å². The highest BCUT2D eigenvalue weighted by Gasteiger charge is 2.38. The average Bonchev–Trinajstić information content (AvgIpc) is 2.78. The van der Waals surface area contributed by atoms with Gasteiger partial charge in [-0.1, -0.05) is 47.6 Å². The zero-order valence-electron chi connectivity index (χ0n) is 20.9. The van der Waals surface area contributed by atoms with Crippen molar-refractivity contribution < 1.29 is 75.6 Å². The summed E-state index contributed by atoms with van der Waals surface area (Å²) in [5, 5.41) is 13.1. The maximum absolute atomic E-state index is 11.4. The van der Waals surface area contributed by atoms with Crippen LogP contribution < -0.4 is 0 Å². The first kappa shape index (κ1) is 43.1. The van der Waals surface area contributed by atoms with E-state index in [9.17, 15) is 52.7 Å². The predicted octanol–water partition coefficient (Wildman–Crippen LogP) is 8.92. The maximum atomic E-state index is 11.4. The summed E-state index contributed by atoms with van der Waals surface area (Å²) >= 11 is 0. The molecule has 0 saturated heterocycles. The Balaban J connectivity index is -0.000000493. The summed E-state index contributed by atoms with van der Waals surface area (Å²) < 4.78 is 152. The van der Waals surface area contributed by atoms with Crippen molar-refractivity contribution in [2.24, 2.45) is 0 Å². The van der Waals surface area contributed by atoms with Crippen LogP contribution in [0.4, 0.5) is 52.7 Å². The molecule has 1 rings (SSSR count). The van der Waals surface area contributed by atoms with Crippen molar-refractivity contribution in [2.45, 2.75) is 51.1 Å². The molecule has 235 valence electrons. The third-order valence-corrected chi connectivity index (χ3v) is 4.09. The van der Waals surface area contributed by atoms with E-state index in [-0.39, 0.29) is 0 Å². The van der Waals surface area contributed by atoms with Crippen LogP contribution in [0, 0.1) is 10.3 Å². The Hall–Kier alpha value is -1.40. The Kier molecular flexibility index (Phi) is 23.0. The molecule has 0 fully saturated rings. The molecule has 0 aliphatic carbocycles. The van der Waals surface area contributed by atoms with Crippen LogP contribution >= 0.6 is 16.3 Å². The molecule has 7 nitrogen and oxygen atoms in total. The maximum Gasteiger partial charge on any atom is 0.557 e. The molecule has 40 heavy (non-hydrogen) atoms. The van der Waals surface area contributed by atoms with E-state index in [1.54, 1.807) is 0 Å². The number of hydrogen-bond acceptors (Lipinski definition) is 7. The van der Waals surface area contributed by atoms with Crippen molar-refractivity contribution in [1.29, 1.82) is 10.3 Å². The van der Waals surface area contributed by atoms with Gasteiger partial charge in [0.1, 0.15) is 0 Å². The summed E-state index contributed by atoms with van der Waals surface area (Å²) in [7, 11) is -6.68. The predicted molar refractivity (Wildman–Crippen MR) is 123 cm³/mol. The summed E-state index contributed by atoms with van der Waals surface area (Å²) in [5.74, 6) is 0. The quantitative estimate of drug-likeness (QED) is 0.138. The van der Waals surface area contributed by atoms with Gasteiger partial charge >= 0.3 is 41.0 Å². The molecular formula is C18H27F12N2O5P2Si+2. The third kappa shape index (κ3) is 43.6. The molecule has 0 saturated carbocycles. The van der Waals surface area contributed by atoms with E-state index in [1.807, 2.05) is 19.2 Å².